The molecule has 2 aliphatic rings. The third-order valence-electron chi connectivity index (χ3n) is 4.45. The minimum Gasteiger partial charge on any atom is -0.297 e. The van der Waals surface area contributed by atoms with E-state index in [0.717, 1.165) is 19.5 Å². The van der Waals surface area contributed by atoms with Crippen molar-refractivity contribution in [3.05, 3.63) is 23.5 Å². The normalized spacial score (nSPS) is 28.3. The maximum Gasteiger partial charge on any atom is 0.246 e. The van der Waals surface area contributed by atoms with Gasteiger partial charge in [-0.1, -0.05) is 18.0 Å². The number of pyridine rings is 1. The van der Waals surface area contributed by atoms with Gasteiger partial charge in [0.25, 0.3) is 0 Å². The molecular weight excluding hydrogens is 310 g/mol. The summed E-state index contributed by atoms with van der Waals surface area (Å²) in [7, 11) is -3.58. The molecule has 2 fully saturated rings. The van der Waals surface area contributed by atoms with E-state index in [0.29, 0.717) is 12.6 Å². The molecular formula is C14H20ClN3O2S. The van der Waals surface area contributed by atoms with E-state index in [1.54, 1.807) is 4.31 Å². The first kappa shape index (κ1) is 15.2. The third kappa shape index (κ3) is 2.82. The van der Waals surface area contributed by atoms with Gasteiger partial charge in [0.05, 0.1) is 5.02 Å². The molecule has 0 aliphatic carbocycles. The average Bonchev–Trinajstić information content (AvgIpc) is 2.46. The van der Waals surface area contributed by atoms with Crippen LogP contribution in [-0.2, 0) is 10.0 Å². The molecule has 0 N–H and O–H groups in total. The molecule has 2 atom stereocenters. The Morgan fingerprint density at radius 3 is 2.90 bits per heavy atom. The number of rotatable bonds is 2. The van der Waals surface area contributed by atoms with E-state index in [1.165, 1.54) is 31.3 Å². The summed E-state index contributed by atoms with van der Waals surface area (Å²) in [5.41, 5.74) is 0. The van der Waals surface area contributed by atoms with E-state index in [4.69, 9.17) is 11.6 Å². The first-order chi connectivity index (χ1) is 10.00. The molecule has 0 amide bonds. The second-order valence-electron chi connectivity index (χ2n) is 5.87. The Bertz CT molecular complexity index is 622. The van der Waals surface area contributed by atoms with Gasteiger partial charge in [-0.3, -0.25) is 9.88 Å². The Labute approximate surface area is 131 Å². The molecule has 116 valence electrons. The molecule has 1 aromatic rings. The molecule has 2 saturated heterocycles. The molecule has 3 heterocycles. The third-order valence-corrected chi connectivity index (χ3v) is 6.90. The molecule has 3 rings (SSSR count). The van der Waals surface area contributed by atoms with Gasteiger partial charge in [0, 0.05) is 37.6 Å². The summed E-state index contributed by atoms with van der Waals surface area (Å²) >= 11 is 6.06. The molecule has 0 bridgehead atoms. The van der Waals surface area contributed by atoms with Crippen molar-refractivity contribution in [2.45, 2.75) is 43.2 Å². The van der Waals surface area contributed by atoms with Crippen molar-refractivity contribution in [3.8, 4) is 0 Å². The van der Waals surface area contributed by atoms with Crippen molar-refractivity contribution in [1.82, 2.24) is 14.2 Å². The monoisotopic (exact) mass is 329 g/mol. The Morgan fingerprint density at radius 2 is 2.14 bits per heavy atom. The smallest absolute Gasteiger partial charge is 0.246 e. The minimum atomic E-state index is -3.58. The predicted octanol–water partition coefficient (Wildman–Crippen LogP) is 1.98. The van der Waals surface area contributed by atoms with Crippen LogP contribution in [0.15, 0.2) is 23.4 Å². The SMILES string of the molecule is CC1CN2CCCCC2CN1S(=O)(=O)c1cnccc1Cl. The van der Waals surface area contributed by atoms with Crippen molar-refractivity contribution >= 4 is 21.6 Å². The van der Waals surface area contributed by atoms with Crippen molar-refractivity contribution in [2.75, 3.05) is 19.6 Å². The first-order valence-corrected chi connectivity index (χ1v) is 9.17. The van der Waals surface area contributed by atoms with Gasteiger partial charge < -0.3 is 0 Å². The molecule has 1 aromatic heterocycles. The fourth-order valence-corrected chi connectivity index (χ4v) is 5.41. The molecule has 5 nitrogen and oxygen atoms in total. The number of aromatic nitrogens is 1. The topological polar surface area (TPSA) is 53.5 Å². The summed E-state index contributed by atoms with van der Waals surface area (Å²) in [6.45, 7) is 4.39. The zero-order valence-corrected chi connectivity index (χ0v) is 13.6. The number of sulfonamides is 1. The van der Waals surface area contributed by atoms with Gasteiger partial charge in [0.2, 0.25) is 10.0 Å². The Balaban J connectivity index is 1.90. The summed E-state index contributed by atoms with van der Waals surface area (Å²) in [6, 6.07) is 1.82. The number of hydrogen-bond donors (Lipinski definition) is 0. The summed E-state index contributed by atoms with van der Waals surface area (Å²) in [5, 5.41) is 0.239. The maximum atomic E-state index is 12.9. The van der Waals surface area contributed by atoms with Crippen LogP contribution in [0.3, 0.4) is 0 Å². The van der Waals surface area contributed by atoms with Crippen LogP contribution in [0.2, 0.25) is 5.02 Å². The van der Waals surface area contributed by atoms with Crippen LogP contribution in [0.4, 0.5) is 0 Å². The summed E-state index contributed by atoms with van der Waals surface area (Å²) in [4.78, 5) is 6.45. The second kappa shape index (κ2) is 5.83. The molecule has 2 aliphatic heterocycles. The highest BCUT2D eigenvalue weighted by Crippen LogP contribution is 2.30. The molecule has 0 spiro atoms. The van der Waals surface area contributed by atoms with Crippen LogP contribution in [0.1, 0.15) is 26.2 Å². The maximum absolute atomic E-state index is 12.9. The van der Waals surface area contributed by atoms with Crippen molar-refractivity contribution in [1.29, 1.82) is 0 Å². The highest BCUT2D eigenvalue weighted by Gasteiger charge is 2.39. The van der Waals surface area contributed by atoms with Gasteiger partial charge in [-0.05, 0) is 32.4 Å². The van der Waals surface area contributed by atoms with E-state index in [1.807, 2.05) is 6.92 Å². The van der Waals surface area contributed by atoms with Gasteiger partial charge in [-0.15, -0.1) is 0 Å². The zero-order chi connectivity index (χ0) is 15.0. The molecule has 21 heavy (non-hydrogen) atoms. The number of piperidine rings is 1. The van der Waals surface area contributed by atoms with E-state index in [9.17, 15) is 8.42 Å². The van der Waals surface area contributed by atoms with Crippen LogP contribution < -0.4 is 0 Å². The zero-order valence-electron chi connectivity index (χ0n) is 12.1. The summed E-state index contributed by atoms with van der Waals surface area (Å²) in [6.07, 6.45) is 6.31. The van der Waals surface area contributed by atoms with Crippen LogP contribution in [-0.4, -0.2) is 54.3 Å². The number of fused-ring (bicyclic) bond motifs is 1. The van der Waals surface area contributed by atoms with Gasteiger partial charge in [0.15, 0.2) is 0 Å². The van der Waals surface area contributed by atoms with Gasteiger partial charge in [-0.2, -0.15) is 4.31 Å². The summed E-state index contributed by atoms with van der Waals surface area (Å²) < 4.78 is 27.4. The lowest BCUT2D eigenvalue weighted by atomic mass is 9.99. The fourth-order valence-electron chi connectivity index (χ4n) is 3.34. The molecule has 2 unspecified atom stereocenters. The van der Waals surface area contributed by atoms with Crippen molar-refractivity contribution in [2.24, 2.45) is 0 Å². The quantitative estimate of drug-likeness (QED) is 0.832. The van der Waals surface area contributed by atoms with Gasteiger partial charge in [0.1, 0.15) is 4.90 Å². The van der Waals surface area contributed by atoms with Crippen molar-refractivity contribution < 1.29 is 8.42 Å². The van der Waals surface area contributed by atoms with Gasteiger partial charge in [-0.25, -0.2) is 8.42 Å². The van der Waals surface area contributed by atoms with Crippen LogP contribution in [0, 0.1) is 0 Å². The Kier molecular flexibility index (Phi) is 4.23. The van der Waals surface area contributed by atoms with Crippen LogP contribution >= 0.6 is 11.6 Å². The Hall–Kier alpha value is -0.690. The van der Waals surface area contributed by atoms with E-state index < -0.39 is 10.0 Å². The number of nitrogens with zero attached hydrogens (tertiary/aromatic N) is 3. The molecule has 0 saturated carbocycles. The van der Waals surface area contributed by atoms with Crippen LogP contribution in [0.5, 0.6) is 0 Å². The second-order valence-corrected chi connectivity index (χ2v) is 8.14. The highest BCUT2D eigenvalue weighted by molar-refractivity contribution is 7.89. The fraction of sp³-hybridized carbons (Fsp3) is 0.643. The highest BCUT2D eigenvalue weighted by atomic mass is 35.5. The summed E-state index contributed by atoms with van der Waals surface area (Å²) in [5.74, 6) is 0. The predicted molar refractivity (Wildman–Crippen MR) is 81.8 cm³/mol. The largest absolute Gasteiger partial charge is 0.297 e. The van der Waals surface area contributed by atoms with E-state index >= 15 is 0 Å². The molecule has 0 aromatic carbocycles. The standard InChI is InChI=1S/C14H20ClN3O2S/c1-11-9-17-7-3-2-4-12(17)10-18(11)21(19,20)14-8-16-6-5-13(14)15/h5-6,8,11-12H,2-4,7,9-10H2,1H3. The first-order valence-electron chi connectivity index (χ1n) is 7.35. The number of halogens is 1. The number of piperazine rings is 1. The number of hydrogen-bond acceptors (Lipinski definition) is 4. The lowest BCUT2D eigenvalue weighted by molar-refractivity contribution is 0.0564. The lowest BCUT2D eigenvalue weighted by Gasteiger charge is -2.46. The Morgan fingerprint density at radius 1 is 1.33 bits per heavy atom. The molecule has 0 radical (unpaired) electrons. The minimum absolute atomic E-state index is 0.0411. The van der Waals surface area contributed by atoms with Crippen LogP contribution in [0.25, 0.3) is 0 Å². The van der Waals surface area contributed by atoms with Gasteiger partial charge >= 0.3 is 0 Å². The molecule has 7 heteroatoms. The van der Waals surface area contributed by atoms with E-state index in [-0.39, 0.29) is 16.0 Å². The lowest BCUT2D eigenvalue weighted by Crippen LogP contribution is -2.59. The van der Waals surface area contributed by atoms with E-state index in [2.05, 4.69) is 9.88 Å². The van der Waals surface area contributed by atoms with Crippen molar-refractivity contribution in [3.63, 3.8) is 0 Å². The average molecular weight is 330 g/mol.